The first kappa shape index (κ1) is 12.7. The van der Waals surface area contributed by atoms with Crippen molar-refractivity contribution in [2.24, 2.45) is 0 Å². The number of rotatable bonds is 5. The quantitative estimate of drug-likeness (QED) is 0.863. The number of carboxylic acid groups (broad SMARTS) is 1. The van der Waals surface area contributed by atoms with Crippen molar-refractivity contribution in [1.29, 1.82) is 0 Å². The Hall–Kier alpha value is -1.75. The van der Waals surface area contributed by atoms with Gasteiger partial charge in [-0.25, -0.2) is 0 Å². The van der Waals surface area contributed by atoms with Gasteiger partial charge in [-0.3, -0.25) is 9.69 Å². The van der Waals surface area contributed by atoms with Crippen LogP contribution in [0.4, 0.5) is 0 Å². The van der Waals surface area contributed by atoms with Gasteiger partial charge in [0.15, 0.2) is 11.5 Å². The van der Waals surface area contributed by atoms with E-state index in [9.17, 15) is 4.79 Å². The molecule has 1 aromatic carbocycles. The van der Waals surface area contributed by atoms with Crippen LogP contribution in [0.5, 0.6) is 11.5 Å². The summed E-state index contributed by atoms with van der Waals surface area (Å²) in [6.07, 6.45) is 0.580. The minimum atomic E-state index is -0.791. The molecular formula is C13H17NO4. The summed E-state index contributed by atoms with van der Waals surface area (Å²) in [5.74, 6) is 0.677. The number of hydrogen-bond donors (Lipinski definition) is 1. The Balaban J connectivity index is 2.07. The summed E-state index contributed by atoms with van der Waals surface area (Å²) in [5.41, 5.74) is 1.02. The molecule has 0 bridgehead atoms. The third-order valence-corrected chi connectivity index (χ3v) is 3.07. The molecule has 98 valence electrons. The van der Waals surface area contributed by atoms with Crippen LogP contribution in [0.15, 0.2) is 18.2 Å². The van der Waals surface area contributed by atoms with Gasteiger partial charge in [-0.1, -0.05) is 13.0 Å². The maximum atomic E-state index is 11.1. The number of carbonyl (C=O) groups is 1. The molecule has 0 aromatic heterocycles. The SMILES string of the molecule is CCC(C(=O)O)N(C)Cc1ccc2c(c1)OCO2. The molecule has 5 nitrogen and oxygen atoms in total. The van der Waals surface area contributed by atoms with Gasteiger partial charge in [0.2, 0.25) is 6.79 Å². The summed E-state index contributed by atoms with van der Waals surface area (Å²) in [7, 11) is 1.81. The largest absolute Gasteiger partial charge is 0.480 e. The Labute approximate surface area is 106 Å². The van der Waals surface area contributed by atoms with Crippen LogP contribution in [0.2, 0.25) is 0 Å². The second-order valence-electron chi connectivity index (χ2n) is 4.37. The lowest BCUT2D eigenvalue weighted by molar-refractivity contribution is -0.143. The van der Waals surface area contributed by atoms with Crippen LogP contribution < -0.4 is 9.47 Å². The van der Waals surface area contributed by atoms with Gasteiger partial charge in [0.1, 0.15) is 6.04 Å². The fraction of sp³-hybridized carbons (Fsp3) is 0.462. The van der Waals surface area contributed by atoms with Gasteiger partial charge in [0.05, 0.1) is 0 Å². The number of fused-ring (bicyclic) bond motifs is 1. The molecule has 1 atom stereocenters. The fourth-order valence-electron chi connectivity index (χ4n) is 2.11. The van der Waals surface area contributed by atoms with Crippen molar-refractivity contribution in [2.45, 2.75) is 25.9 Å². The Morgan fingerprint density at radius 1 is 1.44 bits per heavy atom. The maximum absolute atomic E-state index is 11.1. The zero-order valence-electron chi connectivity index (χ0n) is 10.5. The zero-order chi connectivity index (χ0) is 13.1. The standard InChI is InChI=1S/C13H17NO4/c1-3-10(13(15)16)14(2)7-9-4-5-11-12(6-9)18-8-17-11/h4-6,10H,3,7-8H2,1-2H3,(H,15,16). The number of hydrogen-bond acceptors (Lipinski definition) is 4. The number of benzene rings is 1. The summed E-state index contributed by atoms with van der Waals surface area (Å²) in [6.45, 7) is 2.69. The van der Waals surface area contributed by atoms with Gasteiger partial charge < -0.3 is 14.6 Å². The molecule has 1 unspecified atom stereocenters. The number of carboxylic acids is 1. The normalized spacial score (nSPS) is 14.8. The van der Waals surface area contributed by atoms with E-state index >= 15 is 0 Å². The van der Waals surface area contributed by atoms with E-state index in [1.165, 1.54) is 0 Å². The first-order valence-electron chi connectivity index (χ1n) is 5.93. The molecule has 1 aliphatic rings. The first-order valence-corrected chi connectivity index (χ1v) is 5.93. The minimum absolute atomic E-state index is 0.251. The highest BCUT2D eigenvalue weighted by Gasteiger charge is 2.21. The van der Waals surface area contributed by atoms with Crippen molar-refractivity contribution in [1.82, 2.24) is 4.90 Å². The van der Waals surface area contributed by atoms with E-state index in [-0.39, 0.29) is 6.79 Å². The molecular weight excluding hydrogens is 234 g/mol. The molecule has 1 aromatic rings. The summed E-state index contributed by atoms with van der Waals surface area (Å²) < 4.78 is 10.5. The smallest absolute Gasteiger partial charge is 0.320 e. The molecule has 0 aliphatic carbocycles. The highest BCUT2D eigenvalue weighted by atomic mass is 16.7. The third-order valence-electron chi connectivity index (χ3n) is 3.07. The van der Waals surface area contributed by atoms with Crippen LogP contribution in [0.3, 0.4) is 0 Å². The zero-order valence-corrected chi connectivity index (χ0v) is 10.5. The van der Waals surface area contributed by atoms with E-state index in [1.54, 1.807) is 0 Å². The highest BCUT2D eigenvalue weighted by molar-refractivity contribution is 5.73. The minimum Gasteiger partial charge on any atom is -0.480 e. The molecule has 0 amide bonds. The predicted molar refractivity (Wildman–Crippen MR) is 65.7 cm³/mol. The molecule has 1 N–H and O–H groups in total. The van der Waals surface area contributed by atoms with Crippen LogP contribution >= 0.6 is 0 Å². The van der Waals surface area contributed by atoms with Crippen molar-refractivity contribution in [3.05, 3.63) is 23.8 Å². The Bertz CT molecular complexity index is 447. The van der Waals surface area contributed by atoms with Crippen molar-refractivity contribution in [2.75, 3.05) is 13.8 Å². The molecule has 18 heavy (non-hydrogen) atoms. The van der Waals surface area contributed by atoms with E-state index in [1.807, 2.05) is 37.1 Å². The third kappa shape index (κ3) is 2.56. The summed E-state index contributed by atoms with van der Waals surface area (Å²) >= 11 is 0. The van der Waals surface area contributed by atoms with Gasteiger partial charge >= 0.3 is 5.97 Å². The van der Waals surface area contributed by atoms with Gasteiger partial charge in [-0.05, 0) is 31.2 Å². The lowest BCUT2D eigenvalue weighted by atomic mass is 10.1. The van der Waals surface area contributed by atoms with E-state index in [0.29, 0.717) is 13.0 Å². The summed E-state index contributed by atoms with van der Waals surface area (Å²) in [5, 5.41) is 9.09. The average molecular weight is 251 g/mol. The van der Waals surface area contributed by atoms with Crippen molar-refractivity contribution >= 4 is 5.97 Å². The van der Waals surface area contributed by atoms with Crippen LogP contribution in [0, 0.1) is 0 Å². The van der Waals surface area contributed by atoms with Crippen molar-refractivity contribution in [3.8, 4) is 11.5 Å². The second kappa shape index (κ2) is 5.27. The van der Waals surface area contributed by atoms with Gasteiger partial charge in [-0.2, -0.15) is 0 Å². The molecule has 0 fully saturated rings. The van der Waals surface area contributed by atoms with Crippen molar-refractivity contribution in [3.63, 3.8) is 0 Å². The predicted octanol–water partition coefficient (Wildman–Crippen LogP) is 1.71. The fourth-order valence-corrected chi connectivity index (χ4v) is 2.11. The Morgan fingerprint density at radius 3 is 2.83 bits per heavy atom. The maximum Gasteiger partial charge on any atom is 0.320 e. The number of nitrogens with zero attached hydrogens (tertiary/aromatic N) is 1. The van der Waals surface area contributed by atoms with E-state index in [4.69, 9.17) is 14.6 Å². The molecule has 1 aliphatic heterocycles. The Kier molecular flexibility index (Phi) is 3.72. The molecule has 0 saturated carbocycles. The molecule has 5 heteroatoms. The van der Waals surface area contributed by atoms with E-state index in [2.05, 4.69) is 0 Å². The van der Waals surface area contributed by atoms with Crippen LogP contribution in [0.1, 0.15) is 18.9 Å². The van der Waals surface area contributed by atoms with Crippen LogP contribution in [-0.2, 0) is 11.3 Å². The topological polar surface area (TPSA) is 59.0 Å². The van der Waals surface area contributed by atoms with Gasteiger partial charge in [0.25, 0.3) is 0 Å². The molecule has 0 radical (unpaired) electrons. The van der Waals surface area contributed by atoms with Crippen LogP contribution in [0.25, 0.3) is 0 Å². The van der Waals surface area contributed by atoms with Gasteiger partial charge in [-0.15, -0.1) is 0 Å². The second-order valence-corrected chi connectivity index (χ2v) is 4.37. The number of likely N-dealkylation sites (N-methyl/N-ethyl adjacent to an activating group) is 1. The van der Waals surface area contributed by atoms with E-state index < -0.39 is 12.0 Å². The molecule has 0 saturated heterocycles. The monoisotopic (exact) mass is 251 g/mol. The molecule has 1 heterocycles. The van der Waals surface area contributed by atoms with Crippen LogP contribution in [-0.4, -0.2) is 35.9 Å². The van der Waals surface area contributed by atoms with Crippen molar-refractivity contribution < 1.29 is 19.4 Å². The Morgan fingerprint density at radius 2 is 2.17 bits per heavy atom. The number of aliphatic carboxylic acids is 1. The van der Waals surface area contributed by atoms with Gasteiger partial charge in [0, 0.05) is 6.54 Å². The average Bonchev–Trinajstić information content (AvgIpc) is 2.76. The lowest BCUT2D eigenvalue weighted by Crippen LogP contribution is -2.37. The molecule has 0 spiro atoms. The highest BCUT2D eigenvalue weighted by Crippen LogP contribution is 2.32. The summed E-state index contributed by atoms with van der Waals surface area (Å²) in [4.78, 5) is 12.9. The summed E-state index contributed by atoms with van der Waals surface area (Å²) in [6, 6.07) is 5.22. The number of ether oxygens (including phenoxy) is 2. The first-order chi connectivity index (χ1) is 8.61. The molecule has 2 rings (SSSR count). The lowest BCUT2D eigenvalue weighted by Gasteiger charge is -2.23. The van der Waals surface area contributed by atoms with E-state index in [0.717, 1.165) is 17.1 Å².